The van der Waals surface area contributed by atoms with Crippen LogP contribution in [0.25, 0.3) is 0 Å². The second-order valence-corrected chi connectivity index (χ2v) is 10.2. The van der Waals surface area contributed by atoms with Gasteiger partial charge in [0, 0.05) is 23.0 Å². The number of benzene rings is 2. The Balaban J connectivity index is 1.51. The topological polar surface area (TPSA) is 111 Å². The van der Waals surface area contributed by atoms with Crippen LogP contribution in [-0.4, -0.2) is 60.4 Å². The molecule has 13 heteroatoms. The molecule has 0 aliphatic carbocycles. The highest BCUT2D eigenvalue weighted by atomic mass is 35.5. The number of imide groups is 1. The van der Waals surface area contributed by atoms with E-state index in [-0.39, 0.29) is 40.7 Å². The van der Waals surface area contributed by atoms with Crippen molar-refractivity contribution in [3.05, 3.63) is 67.6 Å². The molecular weight excluding hydrogens is 570 g/mol. The molecule has 196 valence electrons. The van der Waals surface area contributed by atoms with Gasteiger partial charge in [-0.2, -0.15) is 0 Å². The van der Waals surface area contributed by atoms with Gasteiger partial charge in [0.25, 0.3) is 0 Å². The third-order valence-corrected chi connectivity index (χ3v) is 6.97. The van der Waals surface area contributed by atoms with Crippen LogP contribution in [-0.2, 0) is 19.0 Å². The zero-order valence-corrected chi connectivity index (χ0v) is 22.2. The van der Waals surface area contributed by atoms with Crippen LogP contribution in [0.4, 0.5) is 4.79 Å². The van der Waals surface area contributed by atoms with Crippen molar-refractivity contribution in [2.45, 2.75) is 31.8 Å². The molecule has 1 unspecified atom stereocenters. The fourth-order valence-electron chi connectivity index (χ4n) is 3.92. The number of amides is 3. The Labute approximate surface area is 231 Å². The zero-order chi connectivity index (χ0) is 26.9. The van der Waals surface area contributed by atoms with Crippen molar-refractivity contribution in [3.63, 3.8) is 0 Å². The monoisotopic (exact) mass is 588 g/mol. The molecule has 9 nitrogen and oxygen atoms in total. The van der Waals surface area contributed by atoms with Crippen molar-refractivity contribution in [2.24, 2.45) is 5.92 Å². The van der Waals surface area contributed by atoms with Gasteiger partial charge in [0.2, 0.25) is 5.91 Å². The number of carbonyl (C=O) groups is 4. The average molecular weight is 590 g/mol. The highest BCUT2D eigenvalue weighted by Gasteiger charge is 2.45. The molecule has 0 spiro atoms. The predicted octanol–water partition coefficient (Wildman–Crippen LogP) is 4.99. The number of hydrogen-bond donors (Lipinski definition) is 1. The normalized spacial score (nSPS) is 23.5. The minimum Gasteiger partial charge on any atom is -0.459 e. The summed E-state index contributed by atoms with van der Waals surface area (Å²) in [4.78, 5) is 51.1. The van der Waals surface area contributed by atoms with E-state index in [9.17, 15) is 19.2 Å². The maximum atomic E-state index is 12.9. The van der Waals surface area contributed by atoms with Gasteiger partial charge in [-0.25, -0.2) is 14.4 Å². The number of hydrogen-bond acceptors (Lipinski definition) is 7. The van der Waals surface area contributed by atoms with E-state index in [1.807, 2.05) is 0 Å². The number of halogens is 4. The van der Waals surface area contributed by atoms with Crippen LogP contribution in [0.2, 0.25) is 20.1 Å². The molecule has 2 heterocycles. The number of esters is 2. The molecule has 4 atom stereocenters. The van der Waals surface area contributed by atoms with Crippen LogP contribution in [0.1, 0.15) is 34.1 Å². The van der Waals surface area contributed by atoms with Crippen LogP contribution < -0.4 is 5.32 Å². The smallest absolute Gasteiger partial charge is 0.340 e. The number of carbonyl (C=O) groups excluding carboxylic acids is 4. The summed E-state index contributed by atoms with van der Waals surface area (Å²) in [5, 5.41) is 3.16. The maximum Gasteiger partial charge on any atom is 0.340 e. The van der Waals surface area contributed by atoms with Crippen LogP contribution >= 0.6 is 46.4 Å². The molecule has 37 heavy (non-hydrogen) atoms. The van der Waals surface area contributed by atoms with E-state index in [2.05, 4.69) is 5.32 Å². The lowest BCUT2D eigenvalue weighted by molar-refractivity contribution is -0.128. The summed E-state index contributed by atoms with van der Waals surface area (Å²) in [7, 11) is 0. The third kappa shape index (κ3) is 6.30. The van der Waals surface area contributed by atoms with Gasteiger partial charge in [-0.15, -0.1) is 0 Å². The molecule has 2 aromatic rings. The Morgan fingerprint density at radius 2 is 1.59 bits per heavy atom. The van der Waals surface area contributed by atoms with E-state index in [1.54, 1.807) is 6.92 Å². The summed E-state index contributed by atoms with van der Waals surface area (Å²) < 4.78 is 17.0. The number of ether oxygens (including phenoxy) is 3. The number of rotatable bonds is 6. The molecule has 2 aliphatic rings. The molecule has 0 aromatic heterocycles. The first-order valence-electron chi connectivity index (χ1n) is 11.1. The van der Waals surface area contributed by atoms with Crippen molar-refractivity contribution in [1.29, 1.82) is 0 Å². The summed E-state index contributed by atoms with van der Waals surface area (Å²) in [5.74, 6) is -2.36. The van der Waals surface area contributed by atoms with Crippen LogP contribution in [0.15, 0.2) is 36.4 Å². The zero-order valence-electron chi connectivity index (χ0n) is 19.2. The Hall–Kier alpha value is -2.56. The van der Waals surface area contributed by atoms with Gasteiger partial charge < -0.3 is 14.2 Å². The molecule has 1 N–H and O–H groups in total. The largest absolute Gasteiger partial charge is 0.459 e. The van der Waals surface area contributed by atoms with Gasteiger partial charge >= 0.3 is 18.0 Å². The van der Waals surface area contributed by atoms with Crippen molar-refractivity contribution < 1.29 is 33.4 Å². The Morgan fingerprint density at radius 1 is 1.00 bits per heavy atom. The SMILES string of the molecule is CC1CN([C@H]2C[C@H](OC(=O)c3ccc(Cl)cc3Cl)[C@@H](COC(=O)c3ccc(Cl)cc3Cl)O2)C(=O)NC1=O. The molecule has 2 aromatic carbocycles. The van der Waals surface area contributed by atoms with Gasteiger partial charge in [0.05, 0.1) is 27.1 Å². The first-order chi connectivity index (χ1) is 17.5. The van der Waals surface area contributed by atoms with Crippen molar-refractivity contribution in [3.8, 4) is 0 Å². The number of urea groups is 1. The lowest BCUT2D eigenvalue weighted by atomic mass is 10.1. The predicted molar refractivity (Wildman–Crippen MR) is 135 cm³/mol. The molecule has 0 saturated carbocycles. The molecule has 2 saturated heterocycles. The van der Waals surface area contributed by atoms with E-state index in [4.69, 9.17) is 60.6 Å². The molecular formula is C24H20Cl4N2O7. The van der Waals surface area contributed by atoms with Gasteiger partial charge in [-0.3, -0.25) is 15.0 Å². The molecule has 0 bridgehead atoms. The number of nitrogens with one attached hydrogen (secondary N) is 1. The quantitative estimate of drug-likeness (QED) is 0.473. The minimum atomic E-state index is -0.934. The molecule has 2 fully saturated rings. The standard InChI is InChI=1S/C24H20Cl4N2O7/c1-11-9-30(24(34)29-21(11)31)20-8-18(37-23(33)15-5-3-13(26)7-17(15)28)19(36-20)10-35-22(32)14-4-2-12(25)6-16(14)27/h2-7,11,18-20H,8-10H2,1H3,(H,29,31,34)/t11?,18-,19+,20+/m0/s1. The molecule has 3 amide bonds. The molecule has 0 radical (unpaired) electrons. The van der Waals surface area contributed by atoms with E-state index in [0.29, 0.717) is 10.0 Å². The third-order valence-electron chi connectivity index (χ3n) is 5.88. The summed E-state index contributed by atoms with van der Waals surface area (Å²) in [5.41, 5.74) is 0.165. The van der Waals surface area contributed by atoms with Crippen molar-refractivity contribution >= 4 is 70.3 Å². The number of nitrogens with zero attached hydrogens (tertiary/aromatic N) is 1. The fraction of sp³-hybridized carbons (Fsp3) is 0.333. The van der Waals surface area contributed by atoms with Crippen molar-refractivity contribution in [2.75, 3.05) is 13.2 Å². The minimum absolute atomic E-state index is 0.0647. The van der Waals surface area contributed by atoms with Crippen LogP contribution in [0.3, 0.4) is 0 Å². The average Bonchev–Trinajstić information content (AvgIpc) is 3.21. The Kier molecular flexibility index (Phi) is 8.50. The highest BCUT2D eigenvalue weighted by Crippen LogP contribution is 2.31. The van der Waals surface area contributed by atoms with Crippen LogP contribution in [0.5, 0.6) is 0 Å². The van der Waals surface area contributed by atoms with Gasteiger partial charge in [-0.1, -0.05) is 53.3 Å². The summed E-state index contributed by atoms with van der Waals surface area (Å²) in [6.45, 7) is 1.45. The van der Waals surface area contributed by atoms with Crippen LogP contribution in [0, 0.1) is 5.92 Å². The van der Waals surface area contributed by atoms with E-state index >= 15 is 0 Å². The first-order valence-corrected chi connectivity index (χ1v) is 12.6. The summed E-state index contributed by atoms with van der Waals surface area (Å²) in [6, 6.07) is 7.99. The molecule has 2 aliphatic heterocycles. The first kappa shape index (κ1) is 27.5. The lowest BCUT2D eigenvalue weighted by Crippen LogP contribution is -2.57. The summed E-state index contributed by atoms with van der Waals surface area (Å²) in [6.07, 6.45) is -2.64. The van der Waals surface area contributed by atoms with Gasteiger partial charge in [0.15, 0.2) is 0 Å². The maximum absolute atomic E-state index is 12.9. The fourth-order valence-corrected chi connectivity index (χ4v) is 4.89. The molecule has 4 rings (SSSR count). The van der Waals surface area contributed by atoms with Gasteiger partial charge in [0.1, 0.15) is 25.0 Å². The Bertz CT molecular complexity index is 1260. The van der Waals surface area contributed by atoms with Crippen molar-refractivity contribution in [1.82, 2.24) is 10.2 Å². The van der Waals surface area contributed by atoms with E-state index in [0.717, 1.165) is 0 Å². The van der Waals surface area contributed by atoms with E-state index < -0.39 is 48.2 Å². The second kappa shape index (κ2) is 11.4. The van der Waals surface area contributed by atoms with Gasteiger partial charge in [-0.05, 0) is 36.4 Å². The summed E-state index contributed by atoms with van der Waals surface area (Å²) >= 11 is 24.0. The Morgan fingerprint density at radius 3 is 2.19 bits per heavy atom. The lowest BCUT2D eigenvalue weighted by Gasteiger charge is -2.34. The highest BCUT2D eigenvalue weighted by molar-refractivity contribution is 6.37. The van der Waals surface area contributed by atoms with E-state index in [1.165, 1.54) is 41.3 Å². The second-order valence-electron chi connectivity index (χ2n) is 8.50.